The van der Waals surface area contributed by atoms with Gasteiger partial charge in [0.1, 0.15) is 5.75 Å². The van der Waals surface area contributed by atoms with Crippen molar-refractivity contribution in [3.8, 4) is 39.1 Å². The molecule has 0 bridgehead atoms. The van der Waals surface area contributed by atoms with Crippen molar-refractivity contribution in [3.63, 3.8) is 0 Å². The smallest absolute Gasteiger partial charge is 0.242 e. The van der Waals surface area contributed by atoms with Gasteiger partial charge < -0.3 is 4.74 Å². The molecule has 8 rings (SSSR count). The summed E-state index contributed by atoms with van der Waals surface area (Å²) < 4.78 is 6.12. The van der Waals surface area contributed by atoms with Crippen LogP contribution < -0.4 is 15.7 Å². The average Bonchev–Trinajstić information content (AvgIpc) is 3.25. The van der Waals surface area contributed by atoms with E-state index in [2.05, 4.69) is 213 Å². The minimum absolute atomic E-state index is 0.122. The third-order valence-corrected chi connectivity index (χ3v) is 10.3. The van der Waals surface area contributed by atoms with Crippen LogP contribution in [0.4, 0.5) is 0 Å². The van der Waals surface area contributed by atoms with Gasteiger partial charge in [-0.25, -0.2) is 0 Å². The van der Waals surface area contributed by atoms with Gasteiger partial charge in [-0.3, -0.25) is 0 Å². The Balaban J connectivity index is 1.42. The zero-order chi connectivity index (χ0) is 36.7. The van der Waals surface area contributed by atoms with E-state index in [1.165, 1.54) is 55.3 Å². The Hall–Kier alpha value is -6.64. The van der Waals surface area contributed by atoms with Gasteiger partial charge >= 0.3 is 0 Å². The summed E-state index contributed by atoms with van der Waals surface area (Å²) in [5.74, 6) is 0.837. The summed E-state index contributed by atoms with van der Waals surface area (Å²) in [6, 6.07) is 76.6. The minimum atomic E-state index is -0.122. The van der Waals surface area contributed by atoms with Crippen LogP contribution in [0.25, 0.3) is 44.4 Å². The van der Waals surface area contributed by atoms with E-state index in [-0.39, 0.29) is 6.71 Å². The maximum atomic E-state index is 6.12. The number of ether oxygens (including phenoxy) is 1. The Morgan fingerprint density at radius 3 is 1.19 bits per heavy atom. The van der Waals surface area contributed by atoms with Gasteiger partial charge in [-0.05, 0) is 63.1 Å². The standard InChI is InChI=1S/C52H41BO/c1-38-22-24-45(25-23-38)51(49-20-12-13-21-50(49)54-2)52(46-28-26-42(27-29-46)39-14-6-3-7-15-39)53(47-34-30-43(31-35-47)40-16-8-4-9-17-40)48-36-32-44(33-37-48)41-18-10-5-11-19-41/h3-37H,1-2H3/b52-51-. The van der Waals surface area contributed by atoms with Crippen LogP contribution in [0.15, 0.2) is 212 Å². The van der Waals surface area contributed by atoms with Gasteiger partial charge in [0.25, 0.3) is 0 Å². The van der Waals surface area contributed by atoms with Crippen LogP contribution in [0.1, 0.15) is 22.3 Å². The molecule has 1 nitrogen and oxygen atoms in total. The van der Waals surface area contributed by atoms with Crippen molar-refractivity contribution >= 4 is 28.7 Å². The Morgan fingerprint density at radius 1 is 0.370 bits per heavy atom. The third-order valence-electron chi connectivity index (χ3n) is 10.3. The van der Waals surface area contributed by atoms with Crippen molar-refractivity contribution in [2.75, 3.05) is 7.11 Å². The van der Waals surface area contributed by atoms with Crippen LogP contribution in [-0.4, -0.2) is 13.8 Å². The monoisotopic (exact) mass is 692 g/mol. The van der Waals surface area contributed by atoms with E-state index < -0.39 is 0 Å². The molecule has 0 atom stereocenters. The second kappa shape index (κ2) is 15.9. The van der Waals surface area contributed by atoms with E-state index in [0.29, 0.717) is 0 Å². The SMILES string of the molecule is COc1ccccc1/C(=C(\B(c1ccc(-c2ccccc2)cc1)c1ccc(-c2ccccc2)cc1)c1ccc(-c2ccccc2)cc1)c1ccc(C)cc1. The van der Waals surface area contributed by atoms with Crippen LogP contribution >= 0.6 is 0 Å². The number of rotatable bonds is 10. The molecule has 0 aliphatic heterocycles. The molecular weight excluding hydrogens is 651 g/mol. The maximum Gasteiger partial charge on any atom is 0.242 e. The lowest BCUT2D eigenvalue weighted by atomic mass is 9.34. The highest BCUT2D eigenvalue weighted by molar-refractivity contribution is 7.01. The number of benzene rings is 8. The van der Waals surface area contributed by atoms with E-state index in [1.807, 2.05) is 6.07 Å². The number of methoxy groups -OCH3 is 1. The number of para-hydroxylation sites is 1. The molecule has 0 saturated carbocycles. The number of hydrogen-bond acceptors (Lipinski definition) is 1. The largest absolute Gasteiger partial charge is 0.496 e. The molecule has 0 amide bonds. The van der Waals surface area contributed by atoms with Crippen molar-refractivity contribution in [1.29, 1.82) is 0 Å². The normalized spacial score (nSPS) is 11.4. The summed E-state index contributed by atoms with van der Waals surface area (Å²) >= 11 is 0. The number of hydrogen-bond donors (Lipinski definition) is 0. The second-order valence-electron chi connectivity index (χ2n) is 13.7. The first kappa shape index (κ1) is 34.5. The van der Waals surface area contributed by atoms with Crippen LogP contribution in [0, 0.1) is 6.92 Å². The average molecular weight is 693 g/mol. The second-order valence-corrected chi connectivity index (χ2v) is 13.7. The maximum absolute atomic E-state index is 6.12. The summed E-state index contributed by atoms with van der Waals surface area (Å²) in [5.41, 5.74) is 16.5. The first-order valence-electron chi connectivity index (χ1n) is 18.6. The van der Waals surface area contributed by atoms with Crippen molar-refractivity contribution < 1.29 is 4.74 Å². The molecule has 0 radical (unpaired) electrons. The first-order valence-corrected chi connectivity index (χ1v) is 18.6. The van der Waals surface area contributed by atoms with Crippen molar-refractivity contribution in [2.45, 2.75) is 6.92 Å². The lowest BCUT2D eigenvalue weighted by Crippen LogP contribution is -2.44. The van der Waals surface area contributed by atoms with Crippen LogP contribution in [-0.2, 0) is 0 Å². The fourth-order valence-electron chi connectivity index (χ4n) is 7.48. The molecule has 0 fully saturated rings. The molecule has 54 heavy (non-hydrogen) atoms. The topological polar surface area (TPSA) is 9.23 Å². The highest BCUT2D eigenvalue weighted by atomic mass is 16.5. The zero-order valence-electron chi connectivity index (χ0n) is 30.7. The van der Waals surface area contributed by atoms with Crippen LogP contribution in [0.2, 0.25) is 0 Å². The van der Waals surface area contributed by atoms with Crippen molar-refractivity contribution in [1.82, 2.24) is 0 Å². The Kier molecular flexibility index (Phi) is 10.2. The highest BCUT2D eigenvalue weighted by Crippen LogP contribution is 2.39. The van der Waals surface area contributed by atoms with Gasteiger partial charge in [0.2, 0.25) is 6.71 Å². The Labute approximate surface area is 320 Å². The van der Waals surface area contributed by atoms with E-state index >= 15 is 0 Å². The van der Waals surface area contributed by atoms with E-state index in [0.717, 1.165) is 28.0 Å². The molecule has 0 aliphatic carbocycles. The molecule has 0 aliphatic rings. The summed E-state index contributed by atoms with van der Waals surface area (Å²) in [6.45, 7) is 2.02. The molecule has 0 spiro atoms. The zero-order valence-corrected chi connectivity index (χ0v) is 30.7. The van der Waals surface area contributed by atoms with Crippen molar-refractivity contribution in [2.24, 2.45) is 0 Å². The van der Waals surface area contributed by atoms with Gasteiger partial charge in [0.05, 0.1) is 7.11 Å². The molecule has 8 aromatic carbocycles. The van der Waals surface area contributed by atoms with E-state index in [1.54, 1.807) is 7.11 Å². The lowest BCUT2D eigenvalue weighted by molar-refractivity contribution is 0.413. The summed E-state index contributed by atoms with van der Waals surface area (Å²) in [6.07, 6.45) is 0. The van der Waals surface area contributed by atoms with E-state index in [4.69, 9.17) is 4.74 Å². The quantitative estimate of drug-likeness (QED) is 0.102. The fourth-order valence-corrected chi connectivity index (χ4v) is 7.48. The molecule has 0 saturated heterocycles. The van der Waals surface area contributed by atoms with Gasteiger partial charge in [-0.1, -0.05) is 228 Å². The van der Waals surface area contributed by atoms with Gasteiger partial charge in [0, 0.05) is 5.56 Å². The Morgan fingerprint density at radius 2 is 0.741 bits per heavy atom. The third kappa shape index (κ3) is 7.33. The van der Waals surface area contributed by atoms with Crippen LogP contribution in [0.3, 0.4) is 0 Å². The molecule has 258 valence electrons. The number of aryl methyl sites for hydroxylation is 1. The first-order chi connectivity index (χ1) is 26.7. The van der Waals surface area contributed by atoms with Gasteiger partial charge in [-0.15, -0.1) is 0 Å². The lowest BCUT2D eigenvalue weighted by Gasteiger charge is -2.26. The molecule has 0 aromatic heterocycles. The molecule has 0 heterocycles. The Bertz CT molecular complexity index is 2380. The molecule has 0 unspecified atom stereocenters. The van der Waals surface area contributed by atoms with Gasteiger partial charge in [-0.2, -0.15) is 0 Å². The highest BCUT2D eigenvalue weighted by Gasteiger charge is 2.30. The summed E-state index contributed by atoms with van der Waals surface area (Å²) in [4.78, 5) is 0. The van der Waals surface area contributed by atoms with Crippen LogP contribution in [0.5, 0.6) is 5.75 Å². The van der Waals surface area contributed by atoms with Gasteiger partial charge in [0.15, 0.2) is 0 Å². The minimum Gasteiger partial charge on any atom is -0.496 e. The molecular formula is C52H41BO. The predicted molar refractivity (Wildman–Crippen MR) is 231 cm³/mol. The molecule has 0 N–H and O–H groups in total. The van der Waals surface area contributed by atoms with E-state index in [9.17, 15) is 0 Å². The molecule has 8 aromatic rings. The summed E-state index contributed by atoms with van der Waals surface area (Å²) in [5, 5.41) is 0. The molecule has 2 heteroatoms. The predicted octanol–water partition coefficient (Wildman–Crippen LogP) is 11.8. The fraction of sp³-hybridized carbons (Fsp3) is 0.0385. The summed E-state index contributed by atoms with van der Waals surface area (Å²) in [7, 11) is 1.77. The van der Waals surface area contributed by atoms with Crippen molar-refractivity contribution in [3.05, 3.63) is 235 Å².